The predicted molar refractivity (Wildman–Crippen MR) is 131 cm³/mol. The van der Waals surface area contributed by atoms with E-state index in [1.165, 1.54) is 33.9 Å². The second kappa shape index (κ2) is 9.86. The number of carbonyl (C=O) groups is 2. The fraction of sp³-hybridized carbons (Fsp3) is 0.250. The van der Waals surface area contributed by atoms with Crippen molar-refractivity contribution in [3.05, 3.63) is 72.1 Å². The summed E-state index contributed by atoms with van der Waals surface area (Å²) in [5, 5.41) is 6.69. The van der Waals surface area contributed by atoms with Crippen LogP contribution in [0.2, 0.25) is 0 Å². The molecule has 0 aliphatic carbocycles. The van der Waals surface area contributed by atoms with Gasteiger partial charge in [0.2, 0.25) is 15.9 Å². The van der Waals surface area contributed by atoms with Gasteiger partial charge in [0.25, 0.3) is 5.91 Å². The zero-order chi connectivity index (χ0) is 23.4. The average Bonchev–Trinajstić information content (AvgIpc) is 3.11. The molecular formula is C24H25N3O4S2. The predicted octanol–water partition coefficient (Wildman–Crippen LogP) is 4.00. The summed E-state index contributed by atoms with van der Waals surface area (Å²) in [7, 11) is -3.67. The van der Waals surface area contributed by atoms with Crippen LogP contribution in [0.15, 0.2) is 72.1 Å². The minimum Gasteiger partial charge on any atom is -0.350 e. The van der Waals surface area contributed by atoms with Crippen molar-refractivity contribution in [3.8, 4) is 0 Å². The Bertz CT molecular complexity index is 1250. The van der Waals surface area contributed by atoms with Crippen molar-refractivity contribution in [2.75, 3.05) is 18.4 Å². The summed E-state index contributed by atoms with van der Waals surface area (Å²) in [5.74, 6) is -0.475. The van der Waals surface area contributed by atoms with Gasteiger partial charge in [-0.05, 0) is 67.1 Å². The fourth-order valence-electron chi connectivity index (χ4n) is 3.86. The molecule has 1 fully saturated rings. The second-order valence-corrected chi connectivity index (χ2v) is 10.9. The Balaban J connectivity index is 1.41. The largest absolute Gasteiger partial charge is 0.350 e. The number of fused-ring (bicyclic) bond motifs is 1. The monoisotopic (exact) mass is 483 g/mol. The molecule has 0 radical (unpaired) electrons. The van der Waals surface area contributed by atoms with Crippen LogP contribution in [0.3, 0.4) is 0 Å². The number of sulfonamides is 1. The lowest BCUT2D eigenvalue weighted by Gasteiger charge is -2.20. The van der Waals surface area contributed by atoms with Gasteiger partial charge >= 0.3 is 0 Å². The van der Waals surface area contributed by atoms with E-state index in [4.69, 9.17) is 0 Å². The molecule has 1 saturated heterocycles. The minimum absolute atomic E-state index is 0.0674. The Hall–Kier alpha value is -3.01. The highest BCUT2D eigenvalue weighted by Gasteiger charge is 2.28. The van der Waals surface area contributed by atoms with Crippen LogP contribution in [0.25, 0.3) is 10.1 Å². The van der Waals surface area contributed by atoms with Gasteiger partial charge in [-0.2, -0.15) is 4.31 Å². The summed E-state index contributed by atoms with van der Waals surface area (Å²) in [6.45, 7) is 4.18. The number of thiophene rings is 1. The summed E-state index contributed by atoms with van der Waals surface area (Å²) in [4.78, 5) is 24.9. The zero-order valence-corrected chi connectivity index (χ0v) is 19.6. The van der Waals surface area contributed by atoms with E-state index < -0.39 is 10.0 Å². The van der Waals surface area contributed by atoms with Crippen LogP contribution in [0, 0.1) is 0 Å². The molecule has 1 aromatic heterocycles. The second-order valence-electron chi connectivity index (χ2n) is 7.87. The quantitative estimate of drug-likeness (QED) is 0.518. The SMILES string of the molecule is C=CC(=O)NC1CCCN(S(=O)(=O)c2ccc(NC(=O)c3cc4ccccc4s3)cc2)CC1. The molecule has 2 amide bonds. The Morgan fingerprint density at radius 2 is 1.82 bits per heavy atom. The molecule has 3 aromatic rings. The molecule has 1 aliphatic heterocycles. The summed E-state index contributed by atoms with van der Waals surface area (Å²) in [6, 6.07) is 15.8. The van der Waals surface area contributed by atoms with Gasteiger partial charge in [0, 0.05) is 29.5 Å². The standard InChI is InChI=1S/C24H25N3O4S2/c1-2-23(28)25-18-7-5-14-27(15-13-18)33(30,31)20-11-9-19(10-12-20)26-24(29)22-16-17-6-3-4-8-21(17)32-22/h2-4,6,8-12,16,18H,1,5,7,13-15H2,(H,25,28)(H,26,29). The van der Waals surface area contributed by atoms with Gasteiger partial charge in [0.1, 0.15) is 0 Å². The van der Waals surface area contributed by atoms with Gasteiger partial charge in [0.15, 0.2) is 0 Å². The number of anilines is 1. The van der Waals surface area contributed by atoms with Crippen molar-refractivity contribution in [2.24, 2.45) is 0 Å². The highest BCUT2D eigenvalue weighted by molar-refractivity contribution is 7.89. The van der Waals surface area contributed by atoms with Crippen LogP contribution in [-0.2, 0) is 14.8 Å². The van der Waals surface area contributed by atoms with Crippen LogP contribution in [0.1, 0.15) is 28.9 Å². The number of benzene rings is 2. The molecule has 2 heterocycles. The molecular weight excluding hydrogens is 458 g/mol. The Morgan fingerprint density at radius 1 is 1.06 bits per heavy atom. The molecule has 1 aliphatic rings. The first-order valence-corrected chi connectivity index (χ1v) is 13.0. The maximum Gasteiger partial charge on any atom is 0.265 e. The maximum absolute atomic E-state index is 13.1. The number of nitrogens with zero attached hydrogens (tertiary/aromatic N) is 1. The number of hydrogen-bond donors (Lipinski definition) is 2. The van der Waals surface area contributed by atoms with Gasteiger partial charge in [0.05, 0.1) is 9.77 Å². The van der Waals surface area contributed by atoms with E-state index in [0.29, 0.717) is 42.9 Å². The van der Waals surface area contributed by atoms with Crippen molar-refractivity contribution in [3.63, 3.8) is 0 Å². The van der Waals surface area contributed by atoms with Crippen molar-refractivity contribution in [1.29, 1.82) is 0 Å². The van der Waals surface area contributed by atoms with E-state index in [2.05, 4.69) is 17.2 Å². The summed E-state index contributed by atoms with van der Waals surface area (Å²) in [6.07, 6.45) is 3.14. The van der Waals surface area contributed by atoms with Crippen LogP contribution in [-0.4, -0.2) is 43.7 Å². The molecule has 2 N–H and O–H groups in total. The van der Waals surface area contributed by atoms with Crippen LogP contribution in [0.5, 0.6) is 0 Å². The third kappa shape index (κ3) is 5.32. The van der Waals surface area contributed by atoms with Gasteiger partial charge in [-0.1, -0.05) is 24.8 Å². The molecule has 172 valence electrons. The molecule has 0 saturated carbocycles. The van der Waals surface area contributed by atoms with E-state index >= 15 is 0 Å². The van der Waals surface area contributed by atoms with E-state index in [1.54, 1.807) is 12.1 Å². The number of hydrogen-bond acceptors (Lipinski definition) is 5. The zero-order valence-electron chi connectivity index (χ0n) is 18.0. The first-order chi connectivity index (χ1) is 15.9. The van der Waals surface area contributed by atoms with Crippen LogP contribution < -0.4 is 10.6 Å². The molecule has 2 aromatic carbocycles. The van der Waals surface area contributed by atoms with Gasteiger partial charge < -0.3 is 10.6 Å². The molecule has 33 heavy (non-hydrogen) atoms. The first kappa shape index (κ1) is 23.2. The van der Waals surface area contributed by atoms with E-state index in [9.17, 15) is 18.0 Å². The smallest absolute Gasteiger partial charge is 0.265 e. The van der Waals surface area contributed by atoms with Crippen LogP contribution in [0.4, 0.5) is 5.69 Å². The van der Waals surface area contributed by atoms with Gasteiger partial charge in [-0.3, -0.25) is 9.59 Å². The minimum atomic E-state index is -3.67. The van der Waals surface area contributed by atoms with Crippen molar-refractivity contribution in [2.45, 2.75) is 30.2 Å². The number of nitrogens with one attached hydrogen (secondary N) is 2. The van der Waals surface area contributed by atoms with E-state index in [-0.39, 0.29) is 22.8 Å². The molecule has 9 heteroatoms. The van der Waals surface area contributed by atoms with Crippen molar-refractivity contribution >= 4 is 48.9 Å². The van der Waals surface area contributed by atoms with Gasteiger partial charge in [-0.25, -0.2) is 8.42 Å². The molecule has 7 nitrogen and oxygen atoms in total. The van der Waals surface area contributed by atoms with Crippen molar-refractivity contribution < 1.29 is 18.0 Å². The first-order valence-electron chi connectivity index (χ1n) is 10.7. The summed E-state index contributed by atoms with van der Waals surface area (Å²) in [5.41, 5.74) is 0.527. The molecule has 0 spiro atoms. The third-order valence-electron chi connectivity index (χ3n) is 5.62. The Labute approximate surface area is 197 Å². The normalized spacial score (nSPS) is 17.3. The summed E-state index contributed by atoms with van der Waals surface area (Å²) < 4.78 is 28.7. The molecule has 1 atom stereocenters. The molecule has 1 unspecified atom stereocenters. The lowest BCUT2D eigenvalue weighted by atomic mass is 10.1. The number of amides is 2. The van der Waals surface area contributed by atoms with E-state index in [1.807, 2.05) is 30.3 Å². The number of carbonyl (C=O) groups excluding carboxylic acids is 2. The summed E-state index contributed by atoms with van der Waals surface area (Å²) >= 11 is 1.41. The average molecular weight is 484 g/mol. The van der Waals surface area contributed by atoms with Crippen molar-refractivity contribution in [1.82, 2.24) is 9.62 Å². The van der Waals surface area contributed by atoms with Gasteiger partial charge in [-0.15, -0.1) is 11.3 Å². The van der Waals surface area contributed by atoms with E-state index in [0.717, 1.165) is 10.1 Å². The molecule has 0 bridgehead atoms. The molecule has 4 rings (SSSR count). The lowest BCUT2D eigenvalue weighted by Crippen LogP contribution is -2.36. The highest BCUT2D eigenvalue weighted by Crippen LogP contribution is 2.27. The maximum atomic E-state index is 13.1. The lowest BCUT2D eigenvalue weighted by molar-refractivity contribution is -0.117. The Kier molecular flexibility index (Phi) is 6.92. The fourth-order valence-corrected chi connectivity index (χ4v) is 6.31. The van der Waals surface area contributed by atoms with Crippen LogP contribution >= 0.6 is 11.3 Å². The highest BCUT2D eigenvalue weighted by atomic mass is 32.2. The Morgan fingerprint density at radius 3 is 2.55 bits per heavy atom. The number of rotatable bonds is 6. The third-order valence-corrected chi connectivity index (χ3v) is 8.65. The topological polar surface area (TPSA) is 95.6 Å².